The van der Waals surface area contributed by atoms with E-state index >= 15 is 0 Å². The fraction of sp³-hybridized carbons (Fsp3) is 0.125. The minimum atomic E-state index is -4.38. The van der Waals surface area contributed by atoms with Gasteiger partial charge in [-0.1, -0.05) is 0 Å². The maximum atomic E-state index is 11.0. The number of carboxylic acids is 1. The van der Waals surface area contributed by atoms with Crippen LogP contribution >= 0.6 is 7.60 Å². The Morgan fingerprint density at radius 1 is 1.47 bits per heavy atom. The quantitative estimate of drug-likeness (QED) is 0.666. The zero-order valence-corrected chi connectivity index (χ0v) is 9.28. The summed E-state index contributed by atoms with van der Waals surface area (Å²) in [4.78, 5) is 36.3. The molecule has 0 fully saturated rings. The second-order valence-corrected chi connectivity index (χ2v) is 4.97. The first-order valence-corrected chi connectivity index (χ1v) is 6.28. The van der Waals surface area contributed by atoms with Gasteiger partial charge in [-0.25, -0.2) is 14.8 Å². The summed E-state index contributed by atoms with van der Waals surface area (Å²) in [7, 11) is -4.38. The van der Waals surface area contributed by atoms with Crippen molar-refractivity contribution in [3.63, 3.8) is 0 Å². The van der Waals surface area contributed by atoms with Gasteiger partial charge in [-0.05, 0) is 6.07 Å². The van der Waals surface area contributed by atoms with Crippen LogP contribution in [0.2, 0.25) is 0 Å². The third-order valence-electron chi connectivity index (χ3n) is 2.06. The van der Waals surface area contributed by atoms with Crippen LogP contribution in [0.1, 0.15) is 16.2 Å². The van der Waals surface area contributed by atoms with E-state index < -0.39 is 25.4 Å². The van der Waals surface area contributed by atoms with Crippen molar-refractivity contribution in [2.45, 2.75) is 6.16 Å². The van der Waals surface area contributed by atoms with E-state index in [0.29, 0.717) is 0 Å². The standard InChI is InChI=1S/C8H8N3O5P/c12-7(13)6-5(4-17(14,15)16)11-3-1-2-9-8(11)10-6/h1-3H,4H2,(H,12,13)(H2,14,15,16). The van der Waals surface area contributed by atoms with Crippen LogP contribution in [0.25, 0.3) is 5.78 Å². The molecule has 2 rings (SSSR count). The van der Waals surface area contributed by atoms with E-state index in [9.17, 15) is 9.36 Å². The lowest BCUT2D eigenvalue weighted by Gasteiger charge is -2.04. The van der Waals surface area contributed by atoms with Gasteiger partial charge in [-0.2, -0.15) is 0 Å². The Balaban J connectivity index is 2.68. The zero-order chi connectivity index (χ0) is 12.6. The smallest absolute Gasteiger partial charge is 0.356 e. The highest BCUT2D eigenvalue weighted by Gasteiger charge is 2.25. The largest absolute Gasteiger partial charge is 0.476 e. The van der Waals surface area contributed by atoms with Crippen LogP contribution in [-0.4, -0.2) is 35.2 Å². The van der Waals surface area contributed by atoms with Crippen LogP contribution < -0.4 is 0 Å². The predicted molar refractivity (Wildman–Crippen MR) is 55.7 cm³/mol. The molecular weight excluding hydrogens is 249 g/mol. The molecule has 0 bridgehead atoms. The van der Waals surface area contributed by atoms with E-state index in [1.807, 2.05) is 0 Å². The lowest BCUT2D eigenvalue weighted by molar-refractivity contribution is 0.0690. The summed E-state index contributed by atoms with van der Waals surface area (Å²) in [5, 5.41) is 8.91. The van der Waals surface area contributed by atoms with Gasteiger partial charge < -0.3 is 14.9 Å². The first-order valence-electron chi connectivity index (χ1n) is 4.48. The number of aromatic carboxylic acids is 1. The van der Waals surface area contributed by atoms with Gasteiger partial charge in [-0.3, -0.25) is 8.97 Å². The third-order valence-corrected chi connectivity index (χ3v) is 2.77. The summed E-state index contributed by atoms with van der Waals surface area (Å²) in [6.07, 6.45) is 2.17. The molecule has 0 aliphatic carbocycles. The molecule has 0 amide bonds. The first-order chi connectivity index (χ1) is 7.88. The Morgan fingerprint density at radius 3 is 2.76 bits per heavy atom. The number of aromatic nitrogens is 3. The fourth-order valence-corrected chi connectivity index (χ4v) is 2.14. The molecule has 0 radical (unpaired) electrons. The molecule has 3 N–H and O–H groups in total. The van der Waals surface area contributed by atoms with Crippen molar-refractivity contribution in [2.24, 2.45) is 0 Å². The van der Waals surface area contributed by atoms with Crippen molar-refractivity contribution in [3.8, 4) is 0 Å². The van der Waals surface area contributed by atoms with E-state index in [0.717, 1.165) is 0 Å². The number of carbonyl (C=O) groups is 1. The van der Waals surface area contributed by atoms with E-state index in [4.69, 9.17) is 14.9 Å². The summed E-state index contributed by atoms with van der Waals surface area (Å²) < 4.78 is 12.2. The van der Waals surface area contributed by atoms with Gasteiger partial charge in [0, 0.05) is 12.4 Å². The maximum absolute atomic E-state index is 11.0. The van der Waals surface area contributed by atoms with Gasteiger partial charge in [0.05, 0.1) is 11.9 Å². The van der Waals surface area contributed by atoms with Crippen LogP contribution in [0.4, 0.5) is 0 Å². The number of hydrogen-bond donors (Lipinski definition) is 3. The van der Waals surface area contributed by atoms with Gasteiger partial charge in [0.25, 0.3) is 0 Å². The number of imidazole rings is 1. The summed E-state index contributed by atoms with van der Waals surface area (Å²) in [5.74, 6) is -1.26. The number of carboxylic acid groups (broad SMARTS) is 1. The molecule has 0 saturated carbocycles. The summed E-state index contributed by atoms with van der Waals surface area (Å²) >= 11 is 0. The molecule has 0 spiro atoms. The summed E-state index contributed by atoms with van der Waals surface area (Å²) in [6, 6.07) is 1.52. The van der Waals surface area contributed by atoms with Crippen LogP contribution in [0.15, 0.2) is 18.5 Å². The molecular formula is C8H8N3O5P. The van der Waals surface area contributed by atoms with E-state index in [2.05, 4.69) is 9.97 Å². The molecule has 17 heavy (non-hydrogen) atoms. The van der Waals surface area contributed by atoms with E-state index in [-0.39, 0.29) is 11.5 Å². The molecule has 2 aromatic heterocycles. The number of fused-ring (bicyclic) bond motifs is 1. The number of rotatable bonds is 3. The molecule has 90 valence electrons. The normalized spacial score (nSPS) is 11.9. The Hall–Kier alpha value is -1.76. The lowest BCUT2D eigenvalue weighted by Crippen LogP contribution is -2.04. The van der Waals surface area contributed by atoms with Gasteiger partial charge >= 0.3 is 13.6 Å². The van der Waals surface area contributed by atoms with Crippen LogP contribution in [0.3, 0.4) is 0 Å². The Morgan fingerprint density at radius 2 is 2.18 bits per heavy atom. The van der Waals surface area contributed by atoms with Crippen LogP contribution in [0.5, 0.6) is 0 Å². The maximum Gasteiger partial charge on any atom is 0.356 e. The Kier molecular flexibility index (Phi) is 2.70. The van der Waals surface area contributed by atoms with E-state index in [1.54, 1.807) is 0 Å². The van der Waals surface area contributed by atoms with Crippen molar-refractivity contribution < 1.29 is 24.3 Å². The molecule has 0 saturated heterocycles. The Labute approximate surface area is 94.7 Å². The highest BCUT2D eigenvalue weighted by molar-refractivity contribution is 7.50. The van der Waals surface area contributed by atoms with Crippen molar-refractivity contribution in [1.82, 2.24) is 14.4 Å². The number of hydrogen-bond acceptors (Lipinski definition) is 4. The summed E-state index contributed by atoms with van der Waals surface area (Å²) in [5.41, 5.74) is -0.457. The van der Waals surface area contributed by atoms with Gasteiger partial charge in [0.1, 0.15) is 0 Å². The minimum absolute atomic E-state index is 0.0612. The highest BCUT2D eigenvalue weighted by atomic mass is 31.2. The molecule has 0 atom stereocenters. The molecule has 0 unspecified atom stereocenters. The van der Waals surface area contributed by atoms with Gasteiger partial charge in [-0.15, -0.1) is 0 Å². The molecule has 9 heteroatoms. The van der Waals surface area contributed by atoms with Crippen molar-refractivity contribution in [1.29, 1.82) is 0 Å². The van der Waals surface area contributed by atoms with Crippen molar-refractivity contribution in [3.05, 3.63) is 29.8 Å². The third kappa shape index (κ3) is 2.33. The molecule has 2 aromatic rings. The van der Waals surface area contributed by atoms with Crippen LogP contribution in [0, 0.1) is 0 Å². The van der Waals surface area contributed by atoms with Gasteiger partial charge in [0.15, 0.2) is 5.69 Å². The summed E-state index contributed by atoms with van der Waals surface area (Å²) in [6.45, 7) is 0. The molecule has 8 nitrogen and oxygen atoms in total. The topological polar surface area (TPSA) is 125 Å². The molecule has 2 heterocycles. The highest BCUT2D eigenvalue weighted by Crippen LogP contribution is 2.39. The molecule has 0 aliphatic heterocycles. The zero-order valence-electron chi connectivity index (χ0n) is 8.39. The predicted octanol–water partition coefficient (Wildman–Crippen LogP) is 0.105. The number of nitrogens with zero attached hydrogens (tertiary/aromatic N) is 3. The second kappa shape index (κ2) is 3.92. The molecule has 0 aliphatic rings. The lowest BCUT2D eigenvalue weighted by atomic mass is 10.3. The molecule has 0 aromatic carbocycles. The van der Waals surface area contributed by atoms with Crippen molar-refractivity contribution >= 4 is 19.3 Å². The fourth-order valence-electron chi connectivity index (χ4n) is 1.45. The first kappa shape index (κ1) is 11.7. The Bertz CT molecular complexity index is 631. The van der Waals surface area contributed by atoms with Crippen molar-refractivity contribution in [2.75, 3.05) is 0 Å². The van der Waals surface area contributed by atoms with Gasteiger partial charge in [0.2, 0.25) is 5.78 Å². The van der Waals surface area contributed by atoms with E-state index in [1.165, 1.54) is 22.9 Å². The second-order valence-electron chi connectivity index (χ2n) is 3.32. The minimum Gasteiger partial charge on any atom is -0.476 e. The monoisotopic (exact) mass is 257 g/mol. The van der Waals surface area contributed by atoms with Crippen LogP contribution in [-0.2, 0) is 10.7 Å². The average Bonchev–Trinajstić information content (AvgIpc) is 2.55. The average molecular weight is 257 g/mol. The SMILES string of the molecule is O=C(O)c1nc2ncccn2c1CP(=O)(O)O.